The molecular weight excluding hydrogens is 541 g/mol. The lowest BCUT2D eigenvalue weighted by Gasteiger charge is -2.28. The van der Waals surface area contributed by atoms with Gasteiger partial charge in [-0.15, -0.1) is 0 Å². The topological polar surface area (TPSA) is 69.3 Å². The van der Waals surface area contributed by atoms with Gasteiger partial charge in [0, 0.05) is 56.4 Å². The molecule has 42 heavy (non-hydrogen) atoms. The molecule has 0 saturated heterocycles. The average Bonchev–Trinajstić information content (AvgIpc) is 3.43. The van der Waals surface area contributed by atoms with Crippen molar-refractivity contribution in [1.29, 1.82) is 0 Å². The first-order chi connectivity index (χ1) is 20.0. The second-order valence-electron chi connectivity index (χ2n) is 10.4. The minimum atomic E-state index is -4.59. The fourth-order valence-electron chi connectivity index (χ4n) is 4.86. The fourth-order valence-corrected chi connectivity index (χ4v) is 4.86. The number of nitrogens with one attached hydrogen (secondary N) is 1. The zero-order valence-electron chi connectivity index (χ0n) is 24.0. The Hall–Kier alpha value is -4.40. The van der Waals surface area contributed by atoms with Crippen molar-refractivity contribution in [1.82, 2.24) is 14.9 Å². The molecular formula is C33H35F3N4O2. The molecule has 0 atom stereocenters. The van der Waals surface area contributed by atoms with Crippen LogP contribution in [0.5, 0.6) is 0 Å². The zero-order valence-corrected chi connectivity index (χ0v) is 24.0. The lowest BCUT2D eigenvalue weighted by Crippen LogP contribution is -2.28. The summed E-state index contributed by atoms with van der Waals surface area (Å²) in [5.41, 5.74) is 3.26. The van der Waals surface area contributed by atoms with E-state index in [1.54, 1.807) is 36.5 Å². The number of alkyl halides is 3. The number of carbonyl (C=O) groups is 2. The summed E-state index contributed by atoms with van der Waals surface area (Å²) in [5, 5.41) is 1.10. The number of pyridine rings is 1. The van der Waals surface area contributed by atoms with Crippen LogP contribution in [0.15, 0.2) is 73.2 Å². The standard InChI is InChI=1S/C33H35F3N4O2/c1-4-16-40(17-5-6-23(2)41)31-10-7-24(19-29(31)33(34,35)36)20-32(42)39(3)18-13-28-22-26(11-14-37-28)25-8-9-30-27(21-25)12-15-38-30/h7-15,18-19,21-22,38H,4-6,16-17,20H2,1-3H3/b18-13+. The molecule has 0 spiro atoms. The Balaban J connectivity index is 1.47. The van der Waals surface area contributed by atoms with E-state index in [4.69, 9.17) is 0 Å². The number of fused-ring (bicyclic) bond motifs is 1. The number of hydrogen-bond donors (Lipinski definition) is 1. The van der Waals surface area contributed by atoms with Crippen LogP contribution in [0, 0.1) is 0 Å². The fraction of sp³-hybridized carbons (Fsp3) is 0.303. The highest BCUT2D eigenvalue weighted by atomic mass is 19.4. The predicted molar refractivity (Wildman–Crippen MR) is 161 cm³/mol. The van der Waals surface area contributed by atoms with Gasteiger partial charge >= 0.3 is 6.18 Å². The number of Topliss-reactive ketones (excluding diaryl/α,β-unsaturated/α-hetero) is 1. The van der Waals surface area contributed by atoms with E-state index in [0.717, 1.165) is 28.1 Å². The van der Waals surface area contributed by atoms with Gasteiger partial charge in [0.05, 0.1) is 17.7 Å². The van der Waals surface area contributed by atoms with Crippen molar-refractivity contribution in [3.05, 3.63) is 90.0 Å². The summed E-state index contributed by atoms with van der Waals surface area (Å²) >= 11 is 0. The molecule has 4 aromatic rings. The summed E-state index contributed by atoms with van der Waals surface area (Å²) in [6.45, 7) is 4.15. The van der Waals surface area contributed by atoms with Gasteiger partial charge in [-0.05, 0) is 90.4 Å². The lowest BCUT2D eigenvalue weighted by atomic mass is 10.0. The molecule has 1 amide bonds. The number of benzene rings is 2. The van der Waals surface area contributed by atoms with Crippen molar-refractivity contribution in [3.63, 3.8) is 0 Å². The van der Waals surface area contributed by atoms with Crippen LogP contribution in [0.2, 0.25) is 0 Å². The number of hydrogen-bond acceptors (Lipinski definition) is 4. The van der Waals surface area contributed by atoms with E-state index in [0.29, 0.717) is 38.0 Å². The van der Waals surface area contributed by atoms with E-state index in [9.17, 15) is 22.8 Å². The van der Waals surface area contributed by atoms with Crippen molar-refractivity contribution in [2.24, 2.45) is 0 Å². The second kappa shape index (κ2) is 13.5. The molecule has 0 aliphatic carbocycles. The molecule has 0 radical (unpaired) electrons. The van der Waals surface area contributed by atoms with Crippen LogP contribution >= 0.6 is 0 Å². The average molecular weight is 577 g/mol. The van der Waals surface area contributed by atoms with Crippen LogP contribution in [0.4, 0.5) is 18.9 Å². The molecule has 6 nitrogen and oxygen atoms in total. The van der Waals surface area contributed by atoms with E-state index < -0.39 is 11.7 Å². The Morgan fingerprint density at radius 1 is 1.00 bits per heavy atom. The maximum Gasteiger partial charge on any atom is 0.418 e. The molecule has 0 unspecified atom stereocenters. The molecule has 0 aliphatic rings. The van der Waals surface area contributed by atoms with Crippen molar-refractivity contribution in [2.75, 3.05) is 25.0 Å². The van der Waals surface area contributed by atoms with Crippen LogP contribution in [0.3, 0.4) is 0 Å². The molecule has 9 heteroatoms. The number of ketones is 1. The smallest absolute Gasteiger partial charge is 0.371 e. The van der Waals surface area contributed by atoms with E-state index in [-0.39, 0.29) is 29.4 Å². The third-order valence-corrected chi connectivity index (χ3v) is 7.04. The Morgan fingerprint density at radius 2 is 1.79 bits per heavy atom. The molecule has 0 bridgehead atoms. The lowest BCUT2D eigenvalue weighted by molar-refractivity contribution is -0.137. The number of amides is 1. The van der Waals surface area contributed by atoms with E-state index in [2.05, 4.69) is 16.0 Å². The van der Waals surface area contributed by atoms with Crippen LogP contribution in [-0.4, -0.2) is 46.7 Å². The molecule has 1 N–H and O–H groups in total. The molecule has 0 saturated carbocycles. The Labute approximate surface area is 243 Å². The Bertz CT molecular complexity index is 1580. The molecule has 4 rings (SSSR count). The van der Waals surface area contributed by atoms with Gasteiger partial charge in [-0.25, -0.2) is 0 Å². The van der Waals surface area contributed by atoms with Crippen molar-refractivity contribution < 1.29 is 22.8 Å². The largest absolute Gasteiger partial charge is 0.418 e. The number of H-pyrrole nitrogens is 1. The van der Waals surface area contributed by atoms with E-state index in [1.807, 2.05) is 43.5 Å². The molecule has 0 aliphatic heterocycles. The summed E-state index contributed by atoms with van der Waals surface area (Å²) in [6.07, 6.45) is 3.53. The van der Waals surface area contributed by atoms with Gasteiger partial charge in [0.2, 0.25) is 5.91 Å². The quantitative estimate of drug-likeness (QED) is 0.190. The number of likely N-dealkylation sites (N-methyl/N-ethyl adjacent to an activating group) is 1. The molecule has 220 valence electrons. The minimum Gasteiger partial charge on any atom is -0.371 e. The predicted octanol–water partition coefficient (Wildman–Crippen LogP) is 7.51. The molecule has 0 fully saturated rings. The van der Waals surface area contributed by atoms with Gasteiger partial charge in [0.15, 0.2) is 0 Å². The van der Waals surface area contributed by atoms with Gasteiger partial charge in [0.25, 0.3) is 0 Å². The monoisotopic (exact) mass is 576 g/mol. The summed E-state index contributed by atoms with van der Waals surface area (Å²) in [6, 6.07) is 16.0. The van der Waals surface area contributed by atoms with Crippen LogP contribution in [0.1, 0.15) is 49.9 Å². The number of aromatic amines is 1. The maximum atomic E-state index is 14.1. The van der Waals surface area contributed by atoms with Gasteiger partial charge < -0.3 is 19.6 Å². The number of rotatable bonds is 12. The number of nitrogens with zero attached hydrogens (tertiary/aromatic N) is 3. The van der Waals surface area contributed by atoms with Gasteiger partial charge in [-0.1, -0.05) is 19.1 Å². The summed E-state index contributed by atoms with van der Waals surface area (Å²) in [7, 11) is 1.57. The third kappa shape index (κ3) is 7.87. The molecule has 2 aromatic heterocycles. The highest BCUT2D eigenvalue weighted by molar-refractivity contribution is 5.85. The molecule has 2 aromatic carbocycles. The second-order valence-corrected chi connectivity index (χ2v) is 10.4. The zero-order chi connectivity index (χ0) is 30.3. The van der Waals surface area contributed by atoms with Crippen molar-refractivity contribution in [3.8, 4) is 11.1 Å². The minimum absolute atomic E-state index is 0.00694. The van der Waals surface area contributed by atoms with Gasteiger partial charge in [0.1, 0.15) is 5.78 Å². The molecule has 2 heterocycles. The normalized spacial score (nSPS) is 11.8. The SMILES string of the molecule is CCCN(CCCC(C)=O)c1ccc(CC(=O)N(C)/C=C/c2cc(-c3ccc4[nH]ccc4c3)ccn2)cc1C(F)(F)F. The number of anilines is 1. The number of aromatic nitrogens is 2. The highest BCUT2D eigenvalue weighted by Crippen LogP contribution is 2.38. The first-order valence-electron chi connectivity index (χ1n) is 14.0. The number of halogens is 3. The van der Waals surface area contributed by atoms with Crippen LogP contribution in [-0.2, 0) is 22.2 Å². The highest BCUT2D eigenvalue weighted by Gasteiger charge is 2.35. The van der Waals surface area contributed by atoms with Crippen molar-refractivity contribution in [2.45, 2.75) is 45.7 Å². The Kier molecular flexibility index (Phi) is 9.83. The van der Waals surface area contributed by atoms with Gasteiger partial charge in [-0.2, -0.15) is 13.2 Å². The van der Waals surface area contributed by atoms with E-state index in [1.165, 1.54) is 17.9 Å². The Morgan fingerprint density at radius 3 is 2.52 bits per heavy atom. The van der Waals surface area contributed by atoms with Gasteiger partial charge in [-0.3, -0.25) is 9.78 Å². The van der Waals surface area contributed by atoms with E-state index >= 15 is 0 Å². The maximum absolute atomic E-state index is 14.1. The van der Waals surface area contributed by atoms with Crippen LogP contribution < -0.4 is 4.90 Å². The summed E-state index contributed by atoms with van der Waals surface area (Å²) in [5.74, 6) is -0.347. The van der Waals surface area contributed by atoms with Crippen LogP contribution in [0.25, 0.3) is 28.1 Å². The first kappa shape index (κ1) is 30.6. The third-order valence-electron chi connectivity index (χ3n) is 7.04. The summed E-state index contributed by atoms with van der Waals surface area (Å²) in [4.78, 5) is 34.8. The first-order valence-corrected chi connectivity index (χ1v) is 14.0. The summed E-state index contributed by atoms with van der Waals surface area (Å²) < 4.78 is 42.3. The van der Waals surface area contributed by atoms with Crippen molar-refractivity contribution >= 4 is 34.4 Å². The number of carbonyl (C=O) groups excluding carboxylic acids is 2.